The molecule has 2 aliphatic rings. The van der Waals surface area contributed by atoms with Gasteiger partial charge in [-0.2, -0.15) is 9.97 Å². The van der Waals surface area contributed by atoms with E-state index in [2.05, 4.69) is 21.7 Å². The van der Waals surface area contributed by atoms with E-state index in [0.29, 0.717) is 36.5 Å². The molecule has 46 heavy (non-hydrogen) atoms. The van der Waals surface area contributed by atoms with Gasteiger partial charge in [0.1, 0.15) is 22.7 Å². The SMILES string of the molecule is CCN(C)CCCOc1nc(N2CC3CCC(C2)N3C(=O)OC(C)(C)C)c2cc(Cl)c(-c3cc(O)cc4ccccc34)c(F)c2n1. The number of aromatic nitrogens is 2. The van der Waals surface area contributed by atoms with Gasteiger partial charge in [0, 0.05) is 30.6 Å². The highest BCUT2D eigenvalue weighted by Crippen LogP contribution is 2.43. The molecule has 0 spiro atoms. The highest BCUT2D eigenvalue weighted by molar-refractivity contribution is 6.35. The van der Waals surface area contributed by atoms with Crippen LogP contribution in [0.15, 0.2) is 42.5 Å². The van der Waals surface area contributed by atoms with E-state index in [0.717, 1.165) is 43.1 Å². The Morgan fingerprint density at radius 1 is 1.11 bits per heavy atom. The number of rotatable bonds is 8. The van der Waals surface area contributed by atoms with Crippen molar-refractivity contribution in [1.29, 1.82) is 0 Å². The fourth-order valence-electron chi connectivity index (χ4n) is 6.56. The molecule has 11 heteroatoms. The van der Waals surface area contributed by atoms with Gasteiger partial charge in [0.15, 0.2) is 5.82 Å². The van der Waals surface area contributed by atoms with Gasteiger partial charge >= 0.3 is 12.1 Å². The van der Waals surface area contributed by atoms with E-state index in [4.69, 9.17) is 26.1 Å². The zero-order valence-corrected chi connectivity index (χ0v) is 27.8. The van der Waals surface area contributed by atoms with Crippen LogP contribution in [0.25, 0.3) is 32.8 Å². The quantitative estimate of drug-likeness (QED) is 0.200. The minimum Gasteiger partial charge on any atom is -0.508 e. The summed E-state index contributed by atoms with van der Waals surface area (Å²) in [7, 11) is 2.04. The number of phenols is 1. The number of hydrogen-bond donors (Lipinski definition) is 1. The van der Waals surface area contributed by atoms with E-state index in [-0.39, 0.29) is 46.0 Å². The van der Waals surface area contributed by atoms with Crippen molar-refractivity contribution >= 4 is 45.2 Å². The van der Waals surface area contributed by atoms with Gasteiger partial charge in [-0.3, -0.25) is 4.90 Å². The molecule has 0 radical (unpaired) electrons. The summed E-state index contributed by atoms with van der Waals surface area (Å²) < 4.78 is 28.6. The lowest BCUT2D eigenvalue weighted by Gasteiger charge is -2.42. The average Bonchev–Trinajstić information content (AvgIpc) is 3.27. The largest absolute Gasteiger partial charge is 0.508 e. The molecule has 4 aromatic rings. The van der Waals surface area contributed by atoms with E-state index < -0.39 is 11.4 Å². The van der Waals surface area contributed by atoms with E-state index in [9.17, 15) is 9.90 Å². The second-order valence-electron chi connectivity index (χ2n) is 13.3. The number of aromatic hydroxyl groups is 1. The zero-order chi connectivity index (χ0) is 32.7. The molecular formula is C35H41ClFN5O4. The molecule has 1 aromatic heterocycles. The molecule has 3 heterocycles. The Morgan fingerprint density at radius 2 is 1.83 bits per heavy atom. The molecule has 0 aliphatic carbocycles. The van der Waals surface area contributed by atoms with Crippen molar-refractivity contribution in [3.8, 4) is 22.9 Å². The molecule has 1 amide bonds. The van der Waals surface area contributed by atoms with Crippen molar-refractivity contribution in [3.63, 3.8) is 0 Å². The van der Waals surface area contributed by atoms with E-state index in [1.165, 1.54) is 6.07 Å². The Kier molecular flexibility index (Phi) is 8.87. The number of carbonyl (C=O) groups is 1. The normalized spacial score (nSPS) is 18.2. The van der Waals surface area contributed by atoms with Crippen LogP contribution in [0.2, 0.25) is 5.02 Å². The smallest absolute Gasteiger partial charge is 0.410 e. The molecular weight excluding hydrogens is 609 g/mol. The molecule has 0 saturated carbocycles. The summed E-state index contributed by atoms with van der Waals surface area (Å²) in [6, 6.07) is 12.2. The minimum atomic E-state index is -0.618. The van der Waals surface area contributed by atoms with Crippen molar-refractivity contribution in [2.24, 2.45) is 0 Å². The second kappa shape index (κ2) is 12.7. The Hall–Kier alpha value is -3.89. The third-order valence-corrected chi connectivity index (χ3v) is 9.10. The molecule has 2 aliphatic heterocycles. The first-order chi connectivity index (χ1) is 21.9. The van der Waals surface area contributed by atoms with E-state index >= 15 is 4.39 Å². The van der Waals surface area contributed by atoms with Crippen molar-refractivity contribution in [2.45, 2.75) is 64.6 Å². The summed E-state index contributed by atoms with van der Waals surface area (Å²) >= 11 is 6.89. The number of halogens is 2. The molecule has 9 nitrogen and oxygen atoms in total. The monoisotopic (exact) mass is 649 g/mol. The number of phenolic OH excluding ortho intramolecular Hbond substituents is 1. The Balaban J connectivity index is 1.42. The molecule has 3 aromatic carbocycles. The van der Waals surface area contributed by atoms with Gasteiger partial charge in [-0.05, 0) is 88.2 Å². The zero-order valence-electron chi connectivity index (χ0n) is 27.0. The van der Waals surface area contributed by atoms with Crippen molar-refractivity contribution in [3.05, 3.63) is 53.3 Å². The highest BCUT2D eigenvalue weighted by Gasteiger charge is 2.45. The number of nitrogens with zero attached hydrogens (tertiary/aromatic N) is 5. The van der Waals surface area contributed by atoms with Gasteiger partial charge in [0.2, 0.25) is 0 Å². The first kappa shape index (κ1) is 32.1. The van der Waals surface area contributed by atoms with Gasteiger partial charge in [0.05, 0.1) is 23.7 Å². The van der Waals surface area contributed by atoms with Crippen LogP contribution < -0.4 is 9.64 Å². The van der Waals surface area contributed by atoms with Crippen LogP contribution in [-0.2, 0) is 4.74 Å². The van der Waals surface area contributed by atoms with Gasteiger partial charge < -0.3 is 24.4 Å². The van der Waals surface area contributed by atoms with Crippen molar-refractivity contribution in [2.75, 3.05) is 44.7 Å². The van der Waals surface area contributed by atoms with Crippen LogP contribution in [0.3, 0.4) is 0 Å². The predicted molar refractivity (Wildman–Crippen MR) is 179 cm³/mol. The van der Waals surface area contributed by atoms with Crippen LogP contribution in [0.5, 0.6) is 11.8 Å². The molecule has 2 atom stereocenters. The lowest BCUT2D eigenvalue weighted by molar-refractivity contribution is 0.0122. The summed E-state index contributed by atoms with van der Waals surface area (Å²) in [6.45, 7) is 10.8. The fourth-order valence-corrected chi connectivity index (χ4v) is 6.85. The number of piperazine rings is 1. The first-order valence-corrected chi connectivity index (χ1v) is 16.3. The lowest BCUT2D eigenvalue weighted by atomic mass is 9.96. The Morgan fingerprint density at radius 3 is 2.52 bits per heavy atom. The summed E-state index contributed by atoms with van der Waals surface area (Å²) in [6.07, 6.45) is 2.11. The maximum absolute atomic E-state index is 16.8. The van der Waals surface area contributed by atoms with E-state index in [1.807, 2.05) is 57.0 Å². The van der Waals surface area contributed by atoms with Crippen LogP contribution in [0.4, 0.5) is 15.0 Å². The van der Waals surface area contributed by atoms with Crippen molar-refractivity contribution < 1.29 is 23.8 Å². The number of fused-ring (bicyclic) bond motifs is 4. The van der Waals surface area contributed by atoms with Gasteiger partial charge in [0.25, 0.3) is 0 Å². The summed E-state index contributed by atoms with van der Waals surface area (Å²) in [5, 5.41) is 12.7. The van der Waals surface area contributed by atoms with Crippen LogP contribution in [-0.4, -0.2) is 88.5 Å². The summed E-state index contributed by atoms with van der Waals surface area (Å²) in [5.74, 6) is -0.0978. The Labute approximate surface area is 273 Å². The third kappa shape index (κ3) is 6.37. The maximum Gasteiger partial charge on any atom is 0.410 e. The average molecular weight is 650 g/mol. The third-order valence-electron chi connectivity index (χ3n) is 8.80. The van der Waals surface area contributed by atoms with Crippen LogP contribution >= 0.6 is 11.6 Å². The Bertz CT molecular complexity index is 1770. The number of hydrogen-bond acceptors (Lipinski definition) is 8. The van der Waals surface area contributed by atoms with Gasteiger partial charge in [-0.25, -0.2) is 9.18 Å². The summed E-state index contributed by atoms with van der Waals surface area (Å²) in [4.78, 5) is 28.6. The number of ether oxygens (including phenoxy) is 2. The predicted octanol–water partition coefficient (Wildman–Crippen LogP) is 7.26. The van der Waals surface area contributed by atoms with E-state index in [1.54, 1.807) is 12.1 Å². The molecule has 6 rings (SSSR count). The highest BCUT2D eigenvalue weighted by atomic mass is 35.5. The maximum atomic E-state index is 16.8. The topological polar surface area (TPSA) is 91.3 Å². The van der Waals surface area contributed by atoms with Gasteiger partial charge in [-0.15, -0.1) is 0 Å². The molecule has 1 N–H and O–H groups in total. The lowest BCUT2D eigenvalue weighted by Crippen LogP contribution is -2.57. The number of carbonyl (C=O) groups excluding carboxylic acids is 1. The molecule has 2 bridgehead atoms. The second-order valence-corrected chi connectivity index (χ2v) is 13.7. The van der Waals surface area contributed by atoms with Crippen molar-refractivity contribution in [1.82, 2.24) is 19.8 Å². The molecule has 244 valence electrons. The molecule has 2 saturated heterocycles. The minimum absolute atomic E-state index is 0.00652. The molecule has 2 fully saturated rings. The van der Waals surface area contributed by atoms with Crippen LogP contribution in [0, 0.1) is 5.82 Å². The van der Waals surface area contributed by atoms with Gasteiger partial charge in [-0.1, -0.05) is 42.8 Å². The van der Waals surface area contributed by atoms with Crippen LogP contribution in [0.1, 0.15) is 47.0 Å². The number of benzene rings is 3. The fraction of sp³-hybridized carbons (Fsp3) is 0.457. The standard InChI is InChI=1S/C35H41ClFN5O4/c1-6-40(5)14-9-15-45-33-38-31-27(18-28(36)29(30(31)37)26-17-24(43)16-21-10-7-8-11-25(21)26)32(39-33)41-19-22-12-13-23(20-41)42(22)34(44)46-35(2,3)4/h7-8,10-11,16-18,22-23,43H,6,9,12-15,19-20H2,1-5H3. The summed E-state index contributed by atoms with van der Waals surface area (Å²) in [5.41, 5.74) is 0.103. The molecule has 2 unspecified atom stereocenters. The number of anilines is 1. The first-order valence-electron chi connectivity index (χ1n) is 15.9. The number of amides is 1.